The van der Waals surface area contributed by atoms with Crippen LogP contribution in [0.2, 0.25) is 0 Å². The molecule has 4 nitrogen and oxygen atoms in total. The highest BCUT2D eigenvalue weighted by atomic mass is 16.4. The lowest BCUT2D eigenvalue weighted by atomic mass is 9.78. The van der Waals surface area contributed by atoms with Crippen LogP contribution in [0.25, 0.3) is 0 Å². The van der Waals surface area contributed by atoms with Gasteiger partial charge < -0.3 is 15.8 Å². The molecule has 0 aromatic heterocycles. The van der Waals surface area contributed by atoms with Crippen molar-refractivity contribution in [1.29, 1.82) is 0 Å². The number of aliphatic imine (C=N–C) groups is 1. The number of hydrogen-bond acceptors (Lipinski definition) is 4. The van der Waals surface area contributed by atoms with Crippen molar-refractivity contribution in [3.8, 4) is 0 Å². The summed E-state index contributed by atoms with van der Waals surface area (Å²) in [6.07, 6.45) is 1.73. The Balaban J connectivity index is 3.18. The van der Waals surface area contributed by atoms with Gasteiger partial charge in [0.2, 0.25) is 0 Å². The molecule has 0 aliphatic heterocycles. The van der Waals surface area contributed by atoms with Gasteiger partial charge in [0.25, 0.3) is 0 Å². The molecule has 0 fully saturated rings. The smallest absolute Gasteiger partial charge is 0.423 e. The lowest BCUT2D eigenvalue weighted by Gasteiger charge is -2.06. The van der Waals surface area contributed by atoms with Crippen LogP contribution in [0, 0.1) is 6.92 Å². The second kappa shape index (κ2) is 5.66. The average molecular weight is 232 g/mol. The Morgan fingerprint density at radius 2 is 2.00 bits per heavy atom. The summed E-state index contributed by atoms with van der Waals surface area (Å²) in [7, 11) is -1.52. The van der Waals surface area contributed by atoms with E-state index in [1.165, 1.54) is 0 Å². The van der Waals surface area contributed by atoms with E-state index in [2.05, 4.69) is 4.99 Å². The van der Waals surface area contributed by atoms with Crippen molar-refractivity contribution in [3.63, 3.8) is 0 Å². The second-order valence-electron chi connectivity index (χ2n) is 4.08. The monoisotopic (exact) mass is 232 g/mol. The molecule has 0 heterocycles. The summed E-state index contributed by atoms with van der Waals surface area (Å²) in [5.74, 6) is 0. The molecular formula is C12H17BN2O2. The maximum Gasteiger partial charge on any atom is 0.490 e. The molecule has 4 N–H and O–H groups in total. The average Bonchev–Trinajstić information content (AvgIpc) is 2.19. The maximum atomic E-state index is 9.27. The largest absolute Gasteiger partial charge is 0.490 e. The first-order valence-corrected chi connectivity index (χ1v) is 5.36. The van der Waals surface area contributed by atoms with Crippen LogP contribution in [0.5, 0.6) is 0 Å². The highest BCUT2D eigenvalue weighted by Gasteiger charge is 2.15. The molecule has 0 radical (unpaired) electrons. The summed E-state index contributed by atoms with van der Waals surface area (Å²) in [5.41, 5.74) is 8.82. The van der Waals surface area contributed by atoms with Crippen molar-refractivity contribution in [3.05, 3.63) is 35.5 Å². The number of rotatable bonds is 3. The summed E-state index contributed by atoms with van der Waals surface area (Å²) in [6.45, 7) is 5.47. The van der Waals surface area contributed by atoms with Crippen LogP contribution in [0.3, 0.4) is 0 Å². The summed E-state index contributed by atoms with van der Waals surface area (Å²) in [4.78, 5) is 4.30. The molecule has 1 aromatic rings. The van der Waals surface area contributed by atoms with Gasteiger partial charge in [-0.15, -0.1) is 0 Å². The van der Waals surface area contributed by atoms with Crippen molar-refractivity contribution in [2.24, 2.45) is 10.7 Å². The lowest BCUT2D eigenvalue weighted by molar-refractivity contribution is 0.426. The molecule has 1 aromatic carbocycles. The summed E-state index contributed by atoms with van der Waals surface area (Å²) < 4.78 is 0. The molecule has 0 saturated heterocycles. The number of hydrogen-bond donors (Lipinski definition) is 3. The maximum absolute atomic E-state index is 9.27. The van der Waals surface area contributed by atoms with Gasteiger partial charge in [-0.2, -0.15) is 0 Å². The third-order valence-electron chi connectivity index (χ3n) is 2.19. The number of aryl methyl sites for hydroxylation is 1. The molecule has 0 amide bonds. The van der Waals surface area contributed by atoms with E-state index in [-0.39, 0.29) is 0 Å². The Morgan fingerprint density at radius 3 is 2.53 bits per heavy atom. The zero-order chi connectivity index (χ0) is 13.0. The highest BCUT2D eigenvalue weighted by molar-refractivity contribution is 6.60. The minimum atomic E-state index is -1.52. The van der Waals surface area contributed by atoms with Crippen LogP contribution in [0.4, 0.5) is 5.69 Å². The molecule has 0 aliphatic rings. The minimum absolute atomic E-state index is 0.396. The fourth-order valence-electron chi connectivity index (χ4n) is 1.53. The van der Waals surface area contributed by atoms with E-state index >= 15 is 0 Å². The summed E-state index contributed by atoms with van der Waals surface area (Å²) in [5, 5.41) is 18.5. The second-order valence-corrected chi connectivity index (χ2v) is 4.08. The first-order valence-electron chi connectivity index (χ1n) is 5.36. The van der Waals surface area contributed by atoms with E-state index in [0.717, 1.165) is 11.3 Å². The van der Waals surface area contributed by atoms with Crippen LogP contribution in [-0.2, 0) is 0 Å². The van der Waals surface area contributed by atoms with E-state index in [1.807, 2.05) is 19.9 Å². The van der Waals surface area contributed by atoms with Crippen LogP contribution in [0.1, 0.15) is 19.4 Å². The molecule has 5 heteroatoms. The van der Waals surface area contributed by atoms with Gasteiger partial charge in [0.05, 0.1) is 5.69 Å². The third-order valence-corrected chi connectivity index (χ3v) is 2.19. The molecule has 0 aliphatic carbocycles. The first kappa shape index (κ1) is 13.5. The molecule has 90 valence electrons. The van der Waals surface area contributed by atoms with Gasteiger partial charge in [0.15, 0.2) is 0 Å². The molecule has 17 heavy (non-hydrogen) atoms. The van der Waals surface area contributed by atoms with Crippen molar-refractivity contribution >= 4 is 24.0 Å². The van der Waals surface area contributed by atoms with Gasteiger partial charge in [0, 0.05) is 16.9 Å². The minimum Gasteiger partial charge on any atom is -0.423 e. The Morgan fingerprint density at radius 1 is 1.35 bits per heavy atom. The van der Waals surface area contributed by atoms with Crippen LogP contribution in [-0.4, -0.2) is 22.9 Å². The SMILES string of the molecule is CC(N)=CC(C)=Nc1ccc(C)cc1B(O)O. The molecule has 0 atom stereocenters. The van der Waals surface area contributed by atoms with Crippen LogP contribution >= 0.6 is 0 Å². The number of nitrogens with two attached hydrogens (primary N) is 1. The van der Waals surface area contributed by atoms with E-state index < -0.39 is 7.12 Å². The Bertz CT molecular complexity index is 464. The van der Waals surface area contributed by atoms with Gasteiger partial charge in [0.1, 0.15) is 0 Å². The van der Waals surface area contributed by atoms with Gasteiger partial charge in [-0.05, 0) is 32.9 Å². The quantitative estimate of drug-likeness (QED) is 0.528. The molecule has 0 saturated carbocycles. The normalized spacial score (nSPS) is 12.8. The van der Waals surface area contributed by atoms with E-state index in [0.29, 0.717) is 16.8 Å². The van der Waals surface area contributed by atoms with Gasteiger partial charge >= 0.3 is 7.12 Å². The standard InChI is InChI=1S/C12H17BN2O2/c1-8-4-5-12(11(6-8)13(16)17)15-10(3)7-9(2)14/h4-7,16-17H,14H2,1-3H3. The molecule has 0 bridgehead atoms. The molecule has 0 spiro atoms. The van der Waals surface area contributed by atoms with Crippen molar-refractivity contribution in [2.75, 3.05) is 0 Å². The fourth-order valence-corrected chi connectivity index (χ4v) is 1.53. The third kappa shape index (κ3) is 4.05. The van der Waals surface area contributed by atoms with Crippen LogP contribution < -0.4 is 11.2 Å². The number of nitrogens with zero attached hydrogens (tertiary/aromatic N) is 1. The van der Waals surface area contributed by atoms with Crippen molar-refractivity contribution in [1.82, 2.24) is 0 Å². The van der Waals surface area contributed by atoms with Crippen molar-refractivity contribution in [2.45, 2.75) is 20.8 Å². The van der Waals surface area contributed by atoms with Crippen LogP contribution in [0.15, 0.2) is 35.0 Å². The summed E-state index contributed by atoms with van der Waals surface area (Å²) in [6, 6.07) is 5.33. The zero-order valence-electron chi connectivity index (χ0n) is 10.3. The highest BCUT2D eigenvalue weighted by Crippen LogP contribution is 2.12. The Hall–Kier alpha value is -1.59. The number of allylic oxidation sites excluding steroid dienone is 2. The van der Waals surface area contributed by atoms with E-state index in [9.17, 15) is 10.0 Å². The topological polar surface area (TPSA) is 78.8 Å². The molecule has 1 rings (SSSR count). The van der Waals surface area contributed by atoms with Gasteiger partial charge in [-0.25, -0.2) is 0 Å². The van der Waals surface area contributed by atoms with Crippen molar-refractivity contribution < 1.29 is 10.0 Å². The predicted molar refractivity (Wildman–Crippen MR) is 71.7 cm³/mol. The van der Waals surface area contributed by atoms with E-state index in [4.69, 9.17) is 5.73 Å². The first-order chi connectivity index (χ1) is 7.90. The lowest BCUT2D eigenvalue weighted by Crippen LogP contribution is -2.30. The Kier molecular flexibility index (Phi) is 4.49. The van der Waals surface area contributed by atoms with Gasteiger partial charge in [-0.3, -0.25) is 4.99 Å². The predicted octanol–water partition coefficient (Wildman–Crippen LogP) is 0.630. The molecule has 0 unspecified atom stereocenters. The van der Waals surface area contributed by atoms with E-state index in [1.54, 1.807) is 25.1 Å². The molecular weight excluding hydrogens is 215 g/mol. The zero-order valence-corrected chi connectivity index (χ0v) is 10.3. The summed E-state index contributed by atoms with van der Waals surface area (Å²) >= 11 is 0. The Labute approximate surface area is 102 Å². The fraction of sp³-hybridized carbons (Fsp3) is 0.250. The number of benzene rings is 1. The van der Waals surface area contributed by atoms with Gasteiger partial charge in [-0.1, -0.05) is 17.7 Å².